The fraction of sp³-hybridized carbons (Fsp3) is 0.273. The van der Waals surface area contributed by atoms with Gasteiger partial charge in [-0.1, -0.05) is 0 Å². The number of carbonyl (C=O) groups excluding carboxylic acids is 1. The first-order valence-electron chi connectivity index (χ1n) is 9.44. The fourth-order valence-corrected chi connectivity index (χ4v) is 3.62. The Morgan fingerprint density at radius 2 is 1.97 bits per heavy atom. The predicted octanol–water partition coefficient (Wildman–Crippen LogP) is 3.78. The first-order valence-corrected chi connectivity index (χ1v) is 9.44. The van der Waals surface area contributed by atoms with E-state index in [9.17, 15) is 13.6 Å². The van der Waals surface area contributed by atoms with Crippen LogP contribution in [0.25, 0.3) is 10.9 Å². The molecule has 3 aromatic rings. The first-order chi connectivity index (χ1) is 14.0. The van der Waals surface area contributed by atoms with E-state index in [2.05, 4.69) is 10.3 Å². The largest absolute Gasteiger partial charge is 0.497 e. The van der Waals surface area contributed by atoms with E-state index in [-0.39, 0.29) is 18.4 Å². The van der Waals surface area contributed by atoms with Crippen LogP contribution in [-0.2, 0) is 11.2 Å². The van der Waals surface area contributed by atoms with E-state index >= 15 is 0 Å². The Balaban J connectivity index is 1.38. The molecule has 4 rings (SSSR count). The molecular weight excluding hydrogens is 376 g/mol. The number of likely N-dealkylation sites (tertiary alicyclic amines) is 1. The van der Waals surface area contributed by atoms with Crippen LogP contribution in [0, 0.1) is 11.6 Å². The van der Waals surface area contributed by atoms with Crippen LogP contribution in [0.3, 0.4) is 0 Å². The van der Waals surface area contributed by atoms with Crippen LogP contribution in [0.5, 0.6) is 5.75 Å². The molecule has 5 nitrogen and oxygen atoms in total. The summed E-state index contributed by atoms with van der Waals surface area (Å²) in [7, 11) is 1.63. The monoisotopic (exact) mass is 397 g/mol. The zero-order valence-corrected chi connectivity index (χ0v) is 16.0. The predicted molar refractivity (Wildman–Crippen MR) is 107 cm³/mol. The number of benzene rings is 2. The van der Waals surface area contributed by atoms with Gasteiger partial charge in [-0.05, 0) is 54.4 Å². The van der Waals surface area contributed by atoms with Crippen molar-refractivity contribution in [2.24, 2.45) is 0 Å². The molecule has 1 amide bonds. The molecule has 1 saturated heterocycles. The number of rotatable bonds is 5. The summed E-state index contributed by atoms with van der Waals surface area (Å²) in [4.78, 5) is 18.8. The van der Waals surface area contributed by atoms with Crippen molar-refractivity contribution in [3.8, 4) is 5.75 Å². The third kappa shape index (κ3) is 4.45. The lowest BCUT2D eigenvalue weighted by atomic mass is 10.1. The highest BCUT2D eigenvalue weighted by atomic mass is 19.1. The van der Waals surface area contributed by atoms with E-state index in [1.165, 1.54) is 12.1 Å². The van der Waals surface area contributed by atoms with Crippen molar-refractivity contribution in [3.63, 3.8) is 0 Å². The van der Waals surface area contributed by atoms with Crippen molar-refractivity contribution in [3.05, 3.63) is 65.7 Å². The Labute approximate surface area is 167 Å². The maximum Gasteiger partial charge on any atom is 0.227 e. The number of hydrogen-bond acceptors (Lipinski definition) is 4. The minimum Gasteiger partial charge on any atom is -0.497 e. The number of ether oxygens (including phenoxy) is 1. The zero-order valence-electron chi connectivity index (χ0n) is 16.0. The highest BCUT2D eigenvalue weighted by Crippen LogP contribution is 2.22. The van der Waals surface area contributed by atoms with Gasteiger partial charge < -0.3 is 15.0 Å². The lowest BCUT2D eigenvalue weighted by Crippen LogP contribution is -2.32. The van der Waals surface area contributed by atoms with Crippen LogP contribution in [0.1, 0.15) is 12.0 Å². The van der Waals surface area contributed by atoms with Crippen LogP contribution in [-0.4, -0.2) is 42.0 Å². The van der Waals surface area contributed by atoms with Gasteiger partial charge in [0.05, 0.1) is 19.0 Å². The van der Waals surface area contributed by atoms with Gasteiger partial charge in [-0.25, -0.2) is 13.8 Å². The second-order valence-electron chi connectivity index (χ2n) is 7.18. The summed E-state index contributed by atoms with van der Waals surface area (Å²) in [6, 6.07) is 12.8. The lowest BCUT2D eigenvalue weighted by Gasteiger charge is -2.18. The summed E-state index contributed by atoms with van der Waals surface area (Å²) in [5.74, 6) is 0.0395. The highest BCUT2D eigenvalue weighted by Gasteiger charge is 2.26. The number of nitrogens with zero attached hydrogens (tertiary/aromatic N) is 2. The second kappa shape index (κ2) is 8.03. The number of anilines is 1. The van der Waals surface area contributed by atoms with Crippen molar-refractivity contribution in [2.75, 3.05) is 25.5 Å². The summed E-state index contributed by atoms with van der Waals surface area (Å²) in [6.45, 7) is 1.12. The SMILES string of the molecule is COc1ccc2nc(N[C@H]3CCN(C(=O)Cc4cc(F)cc(F)c4)C3)ccc2c1. The maximum absolute atomic E-state index is 13.3. The normalized spacial score (nSPS) is 16.2. The van der Waals surface area contributed by atoms with Crippen LogP contribution in [0.4, 0.5) is 14.6 Å². The number of fused-ring (bicyclic) bond motifs is 1. The van der Waals surface area contributed by atoms with Gasteiger partial charge in [-0.15, -0.1) is 0 Å². The second-order valence-corrected chi connectivity index (χ2v) is 7.18. The van der Waals surface area contributed by atoms with Gasteiger partial charge in [-0.3, -0.25) is 4.79 Å². The molecular formula is C22H21F2N3O2. The van der Waals surface area contributed by atoms with Crippen LogP contribution < -0.4 is 10.1 Å². The van der Waals surface area contributed by atoms with E-state index in [1.807, 2.05) is 30.3 Å². The molecule has 7 heteroatoms. The smallest absolute Gasteiger partial charge is 0.227 e. The number of carbonyl (C=O) groups is 1. The molecule has 1 aromatic heterocycles. The average molecular weight is 397 g/mol. The lowest BCUT2D eigenvalue weighted by molar-refractivity contribution is -0.129. The average Bonchev–Trinajstić information content (AvgIpc) is 3.15. The van der Waals surface area contributed by atoms with Crippen LogP contribution in [0.2, 0.25) is 0 Å². The quantitative estimate of drug-likeness (QED) is 0.712. The molecule has 2 aromatic carbocycles. The third-order valence-electron chi connectivity index (χ3n) is 5.07. The molecule has 1 aliphatic rings. The number of hydrogen-bond donors (Lipinski definition) is 1. The molecule has 29 heavy (non-hydrogen) atoms. The van der Waals surface area contributed by atoms with Gasteiger partial charge in [0.2, 0.25) is 5.91 Å². The van der Waals surface area contributed by atoms with Gasteiger partial charge in [-0.2, -0.15) is 0 Å². The minimum atomic E-state index is -0.672. The summed E-state index contributed by atoms with van der Waals surface area (Å²) in [5.41, 5.74) is 1.20. The van der Waals surface area contributed by atoms with E-state index in [0.29, 0.717) is 18.7 Å². The number of halogens is 2. The molecule has 1 fully saturated rings. The van der Waals surface area contributed by atoms with Gasteiger partial charge in [0.25, 0.3) is 0 Å². The Morgan fingerprint density at radius 1 is 1.17 bits per heavy atom. The van der Waals surface area contributed by atoms with Crippen molar-refractivity contribution >= 4 is 22.6 Å². The summed E-state index contributed by atoms with van der Waals surface area (Å²) < 4.78 is 31.9. The molecule has 0 spiro atoms. The molecule has 1 atom stereocenters. The number of methoxy groups -OCH3 is 1. The van der Waals surface area contributed by atoms with Gasteiger partial charge in [0.1, 0.15) is 23.2 Å². The Bertz CT molecular complexity index is 1040. The number of amides is 1. The molecule has 0 unspecified atom stereocenters. The first kappa shape index (κ1) is 19.1. The molecule has 150 valence electrons. The number of nitrogens with one attached hydrogen (secondary N) is 1. The van der Waals surface area contributed by atoms with Gasteiger partial charge in [0, 0.05) is 30.6 Å². The van der Waals surface area contributed by atoms with E-state index < -0.39 is 11.6 Å². The Morgan fingerprint density at radius 3 is 2.72 bits per heavy atom. The summed E-state index contributed by atoms with van der Waals surface area (Å²) in [6.07, 6.45) is 0.767. The fourth-order valence-electron chi connectivity index (χ4n) is 3.62. The van der Waals surface area contributed by atoms with E-state index in [4.69, 9.17) is 4.74 Å². The van der Waals surface area contributed by atoms with E-state index in [0.717, 1.165) is 35.0 Å². The molecule has 0 radical (unpaired) electrons. The topological polar surface area (TPSA) is 54.5 Å². The Kier molecular flexibility index (Phi) is 5.29. The Hall–Kier alpha value is -3.22. The molecule has 0 saturated carbocycles. The van der Waals surface area contributed by atoms with Crippen LogP contribution in [0.15, 0.2) is 48.5 Å². The van der Waals surface area contributed by atoms with Crippen molar-refractivity contribution < 1.29 is 18.3 Å². The highest BCUT2D eigenvalue weighted by molar-refractivity contribution is 5.82. The maximum atomic E-state index is 13.3. The molecule has 1 aliphatic heterocycles. The molecule has 0 aliphatic carbocycles. The third-order valence-corrected chi connectivity index (χ3v) is 5.07. The van der Waals surface area contributed by atoms with Gasteiger partial charge >= 0.3 is 0 Å². The van der Waals surface area contributed by atoms with E-state index in [1.54, 1.807) is 12.0 Å². The van der Waals surface area contributed by atoms with Gasteiger partial charge in [0.15, 0.2) is 0 Å². The zero-order chi connectivity index (χ0) is 20.4. The number of pyridine rings is 1. The standard InChI is InChI=1S/C22H21F2N3O2/c1-29-19-3-4-20-15(11-19)2-5-21(26-20)25-18-6-7-27(13-18)22(28)10-14-8-16(23)12-17(24)9-14/h2-5,8-9,11-12,18H,6-7,10,13H2,1H3,(H,25,26)/t18-/m0/s1. The molecule has 1 N–H and O–H groups in total. The summed E-state index contributed by atoms with van der Waals surface area (Å²) in [5, 5.41) is 4.36. The van der Waals surface area contributed by atoms with Crippen molar-refractivity contribution in [1.29, 1.82) is 0 Å². The molecule has 2 heterocycles. The van der Waals surface area contributed by atoms with Crippen molar-refractivity contribution in [2.45, 2.75) is 18.9 Å². The van der Waals surface area contributed by atoms with Crippen molar-refractivity contribution in [1.82, 2.24) is 9.88 Å². The summed E-state index contributed by atoms with van der Waals surface area (Å²) >= 11 is 0. The van der Waals surface area contributed by atoms with Crippen LogP contribution >= 0.6 is 0 Å². The minimum absolute atomic E-state index is 0.0164. The molecule has 0 bridgehead atoms. The number of aromatic nitrogens is 1.